The minimum atomic E-state index is -0.389. The maximum Gasteiger partial charge on any atom is 0.334 e. The molecule has 0 fully saturated rings. The van der Waals surface area contributed by atoms with Gasteiger partial charge in [0.2, 0.25) is 0 Å². The Morgan fingerprint density at radius 1 is 0.900 bits per heavy atom. The fourth-order valence-electron chi connectivity index (χ4n) is 1.90. The lowest BCUT2D eigenvalue weighted by molar-refractivity contribution is -0.142. The first-order valence-electron chi connectivity index (χ1n) is 7.54. The van der Waals surface area contributed by atoms with Crippen molar-refractivity contribution in [1.82, 2.24) is 0 Å². The van der Waals surface area contributed by atoms with E-state index in [0.717, 1.165) is 12.8 Å². The van der Waals surface area contributed by atoms with Gasteiger partial charge in [0.15, 0.2) is 0 Å². The van der Waals surface area contributed by atoms with E-state index in [1.165, 1.54) is 0 Å². The zero-order chi connectivity index (χ0) is 15.5. The van der Waals surface area contributed by atoms with E-state index in [4.69, 9.17) is 9.47 Å². The summed E-state index contributed by atoms with van der Waals surface area (Å²) in [5.74, 6) is -0.495. The van der Waals surface area contributed by atoms with Crippen LogP contribution in [0.1, 0.15) is 60.3 Å². The second kappa shape index (κ2) is 10.5. The van der Waals surface area contributed by atoms with Gasteiger partial charge in [0.25, 0.3) is 0 Å². The summed E-state index contributed by atoms with van der Waals surface area (Å²) in [6.45, 7) is 10.2. The normalized spacial score (nSPS) is 12.1. The summed E-state index contributed by atoms with van der Waals surface area (Å²) in [6.07, 6.45) is 2.92. The second-order valence-electron chi connectivity index (χ2n) is 5.10. The Labute approximate surface area is 122 Å². The van der Waals surface area contributed by atoms with Crippen molar-refractivity contribution in [2.45, 2.75) is 60.3 Å². The molecule has 20 heavy (non-hydrogen) atoms. The van der Waals surface area contributed by atoms with Gasteiger partial charge in [0.05, 0.1) is 13.2 Å². The molecule has 116 valence electrons. The summed E-state index contributed by atoms with van der Waals surface area (Å²) in [4.78, 5) is 24.2. The van der Waals surface area contributed by atoms with Crippen LogP contribution in [0.15, 0.2) is 11.1 Å². The Bertz CT molecular complexity index is 342. The van der Waals surface area contributed by atoms with Gasteiger partial charge in [-0.3, -0.25) is 0 Å². The number of carbonyl (C=O) groups excluding carboxylic acids is 2. The first-order valence-corrected chi connectivity index (χ1v) is 7.54. The highest BCUT2D eigenvalue weighted by atomic mass is 16.5. The topological polar surface area (TPSA) is 52.6 Å². The van der Waals surface area contributed by atoms with Crippen LogP contribution in [-0.4, -0.2) is 25.2 Å². The fraction of sp³-hybridized carbons (Fsp3) is 0.750. The van der Waals surface area contributed by atoms with E-state index in [-0.39, 0.29) is 17.9 Å². The van der Waals surface area contributed by atoms with Crippen molar-refractivity contribution in [1.29, 1.82) is 0 Å². The van der Waals surface area contributed by atoms with Crippen LogP contribution in [0.3, 0.4) is 0 Å². The molecule has 0 N–H and O–H groups in total. The van der Waals surface area contributed by atoms with E-state index >= 15 is 0 Å². The quantitative estimate of drug-likeness (QED) is 0.479. The largest absolute Gasteiger partial charge is 0.463 e. The number of carbonyl (C=O) groups is 2. The van der Waals surface area contributed by atoms with Gasteiger partial charge in [-0.15, -0.1) is 0 Å². The van der Waals surface area contributed by atoms with Crippen molar-refractivity contribution in [3.63, 3.8) is 0 Å². The molecule has 0 radical (unpaired) electrons. The van der Waals surface area contributed by atoms with Crippen molar-refractivity contribution < 1.29 is 19.1 Å². The summed E-state index contributed by atoms with van der Waals surface area (Å²) >= 11 is 0. The molecule has 0 aliphatic heterocycles. The van der Waals surface area contributed by atoms with E-state index < -0.39 is 0 Å². The van der Waals surface area contributed by atoms with Crippen molar-refractivity contribution in [3.05, 3.63) is 11.1 Å². The minimum Gasteiger partial charge on any atom is -0.463 e. The Morgan fingerprint density at radius 3 is 1.80 bits per heavy atom. The second-order valence-corrected chi connectivity index (χ2v) is 5.10. The molecule has 0 aliphatic rings. The highest BCUT2D eigenvalue weighted by molar-refractivity contribution is 6.00. The summed E-state index contributed by atoms with van der Waals surface area (Å²) < 4.78 is 10.2. The van der Waals surface area contributed by atoms with E-state index in [1.807, 2.05) is 13.8 Å². The van der Waals surface area contributed by atoms with Crippen LogP contribution in [0.2, 0.25) is 0 Å². The first kappa shape index (κ1) is 18.7. The Kier molecular flexibility index (Phi) is 9.77. The van der Waals surface area contributed by atoms with Gasteiger partial charge in [-0.1, -0.05) is 27.2 Å². The van der Waals surface area contributed by atoms with Crippen molar-refractivity contribution in [3.8, 4) is 0 Å². The van der Waals surface area contributed by atoms with Gasteiger partial charge in [-0.25, -0.2) is 9.59 Å². The zero-order valence-corrected chi connectivity index (χ0v) is 13.5. The lowest BCUT2D eigenvalue weighted by atomic mass is 9.95. The van der Waals surface area contributed by atoms with E-state index in [1.54, 1.807) is 13.8 Å². The number of hydrogen-bond acceptors (Lipinski definition) is 4. The Hall–Kier alpha value is -1.32. The third-order valence-electron chi connectivity index (χ3n) is 2.80. The molecule has 0 aliphatic carbocycles. The molecule has 0 aromatic heterocycles. The SMILES string of the molecule is CCCCC(C(=O)OCC)=C(CC(C)C)C(=O)OCC. The average Bonchev–Trinajstić information content (AvgIpc) is 2.38. The van der Waals surface area contributed by atoms with E-state index in [0.29, 0.717) is 37.2 Å². The highest BCUT2D eigenvalue weighted by Crippen LogP contribution is 2.22. The smallest absolute Gasteiger partial charge is 0.334 e. The number of hydrogen-bond donors (Lipinski definition) is 0. The third kappa shape index (κ3) is 6.73. The molecule has 0 unspecified atom stereocenters. The predicted molar refractivity (Wildman–Crippen MR) is 79.3 cm³/mol. The zero-order valence-electron chi connectivity index (χ0n) is 13.5. The van der Waals surface area contributed by atoms with Crippen LogP contribution in [0.4, 0.5) is 0 Å². The van der Waals surface area contributed by atoms with Crippen LogP contribution in [0.5, 0.6) is 0 Å². The molecular weight excluding hydrogens is 256 g/mol. The van der Waals surface area contributed by atoms with Crippen LogP contribution in [0, 0.1) is 5.92 Å². The maximum absolute atomic E-state index is 12.1. The van der Waals surface area contributed by atoms with Gasteiger partial charge < -0.3 is 9.47 Å². The molecule has 4 heteroatoms. The Balaban J connectivity index is 5.43. The number of esters is 2. The van der Waals surface area contributed by atoms with Crippen molar-refractivity contribution in [2.24, 2.45) is 5.92 Å². The average molecular weight is 284 g/mol. The van der Waals surface area contributed by atoms with Crippen molar-refractivity contribution in [2.75, 3.05) is 13.2 Å². The summed E-state index contributed by atoms with van der Waals surface area (Å²) in [6, 6.07) is 0. The summed E-state index contributed by atoms with van der Waals surface area (Å²) in [5.41, 5.74) is 0.967. The highest BCUT2D eigenvalue weighted by Gasteiger charge is 2.23. The molecule has 0 aromatic carbocycles. The van der Waals surface area contributed by atoms with Crippen LogP contribution in [-0.2, 0) is 19.1 Å². The third-order valence-corrected chi connectivity index (χ3v) is 2.80. The molecular formula is C16H28O4. The molecule has 0 saturated heterocycles. The van der Waals surface area contributed by atoms with Gasteiger partial charge in [0, 0.05) is 11.1 Å². The molecule has 0 aromatic rings. The molecule has 0 rings (SSSR count). The molecule has 0 atom stereocenters. The number of ether oxygens (including phenoxy) is 2. The fourth-order valence-corrected chi connectivity index (χ4v) is 1.90. The molecule has 4 nitrogen and oxygen atoms in total. The van der Waals surface area contributed by atoms with Gasteiger partial charge in [0.1, 0.15) is 0 Å². The molecule has 0 amide bonds. The van der Waals surface area contributed by atoms with Gasteiger partial charge in [-0.05, 0) is 39.0 Å². The molecule has 0 bridgehead atoms. The molecule has 0 heterocycles. The standard InChI is InChI=1S/C16H28O4/c1-6-9-10-13(15(17)19-7-2)14(11-12(4)5)16(18)20-8-3/h12H,6-11H2,1-5H3. The van der Waals surface area contributed by atoms with Gasteiger partial charge >= 0.3 is 11.9 Å². The summed E-state index contributed by atoms with van der Waals surface area (Å²) in [5, 5.41) is 0. The molecule has 0 spiro atoms. The predicted octanol–water partition coefficient (Wildman–Crippen LogP) is 3.65. The van der Waals surface area contributed by atoms with Crippen LogP contribution in [0.25, 0.3) is 0 Å². The monoisotopic (exact) mass is 284 g/mol. The minimum absolute atomic E-state index is 0.278. The number of unbranched alkanes of at least 4 members (excludes halogenated alkanes) is 1. The Morgan fingerprint density at radius 2 is 1.40 bits per heavy atom. The van der Waals surface area contributed by atoms with Crippen molar-refractivity contribution >= 4 is 11.9 Å². The van der Waals surface area contributed by atoms with E-state index in [9.17, 15) is 9.59 Å². The first-order chi connectivity index (χ1) is 9.47. The maximum atomic E-state index is 12.1. The molecule has 0 saturated carbocycles. The van der Waals surface area contributed by atoms with Gasteiger partial charge in [-0.2, -0.15) is 0 Å². The van der Waals surface area contributed by atoms with Crippen LogP contribution < -0.4 is 0 Å². The van der Waals surface area contributed by atoms with E-state index in [2.05, 4.69) is 6.92 Å². The summed E-state index contributed by atoms with van der Waals surface area (Å²) in [7, 11) is 0. The van der Waals surface area contributed by atoms with Crippen LogP contribution >= 0.6 is 0 Å². The lowest BCUT2D eigenvalue weighted by Gasteiger charge is -2.15. The lowest BCUT2D eigenvalue weighted by Crippen LogP contribution is -2.18. The number of rotatable bonds is 9.